The molecule has 4 rings (SSSR count). The highest BCUT2D eigenvalue weighted by Gasteiger charge is 2.60. The molecule has 0 spiro atoms. The number of thioether (sulfide) groups is 1. The van der Waals surface area contributed by atoms with Gasteiger partial charge >= 0.3 is 11.9 Å². The van der Waals surface area contributed by atoms with E-state index >= 15 is 0 Å². The van der Waals surface area contributed by atoms with E-state index in [4.69, 9.17) is 9.47 Å². The van der Waals surface area contributed by atoms with E-state index in [0.717, 1.165) is 37.9 Å². The van der Waals surface area contributed by atoms with Gasteiger partial charge in [0.15, 0.2) is 0 Å². The van der Waals surface area contributed by atoms with Crippen LogP contribution in [0.2, 0.25) is 0 Å². The number of rotatable bonds is 9. The first-order valence-electron chi connectivity index (χ1n) is 14.8. The lowest BCUT2D eigenvalue weighted by atomic mass is 9.49. The third-order valence-corrected chi connectivity index (χ3v) is 11.8. The zero-order valence-corrected chi connectivity index (χ0v) is 25.5. The number of esters is 2. The van der Waals surface area contributed by atoms with Gasteiger partial charge in [-0.2, -0.15) is 11.8 Å². The van der Waals surface area contributed by atoms with Crippen molar-refractivity contribution in [3.8, 4) is 0 Å². The minimum absolute atomic E-state index is 0.239. The fourth-order valence-electron chi connectivity index (χ4n) is 8.56. The Balaban J connectivity index is 1.50. The van der Waals surface area contributed by atoms with Crippen molar-refractivity contribution < 1.29 is 24.2 Å². The van der Waals surface area contributed by atoms with Crippen molar-refractivity contribution in [1.82, 2.24) is 0 Å². The van der Waals surface area contributed by atoms with E-state index in [0.29, 0.717) is 34.8 Å². The fraction of sp³-hybridized carbons (Fsp3) is 0.812. The Labute approximate surface area is 234 Å². The molecule has 5 nitrogen and oxygen atoms in total. The summed E-state index contributed by atoms with van der Waals surface area (Å²) in [6.07, 6.45) is 13.4. The van der Waals surface area contributed by atoms with Crippen LogP contribution in [0.15, 0.2) is 23.3 Å². The predicted molar refractivity (Wildman–Crippen MR) is 154 cm³/mol. The van der Waals surface area contributed by atoms with E-state index < -0.39 is 5.60 Å². The van der Waals surface area contributed by atoms with Crippen molar-refractivity contribution in [3.63, 3.8) is 0 Å². The molecule has 0 unspecified atom stereocenters. The lowest BCUT2D eigenvalue weighted by Gasteiger charge is -2.57. The number of carbonyl (C=O) groups is 2. The van der Waals surface area contributed by atoms with Crippen LogP contribution < -0.4 is 0 Å². The third-order valence-electron chi connectivity index (χ3n) is 10.4. The zero-order valence-electron chi connectivity index (χ0n) is 24.7. The maximum absolute atomic E-state index is 12.2. The number of hydrogen-bond acceptors (Lipinski definition) is 6. The standard InChI is InChI=1S/C32H50O5S/c1-20(38-17-9-8-15-30(4,5)35)26-12-13-27-25-11-10-23-18-24(36-21(2)33)19-29(37-22(3)34)32(23,7)28(25)14-16-31(26,27)6/h10-11,20,24,26-29,35H,8-9,12-19H2,1-7H3/t20-,24+,26+,27-,28-,29-,31+,32-/m0/s1. The molecule has 0 aromatic rings. The average molecular weight is 547 g/mol. The monoisotopic (exact) mass is 546 g/mol. The Kier molecular flexibility index (Phi) is 8.84. The second-order valence-corrected chi connectivity index (χ2v) is 15.1. The summed E-state index contributed by atoms with van der Waals surface area (Å²) in [7, 11) is 0. The lowest BCUT2D eigenvalue weighted by Crippen LogP contribution is -2.54. The summed E-state index contributed by atoms with van der Waals surface area (Å²) in [6.45, 7) is 14.0. The molecular formula is C32H50O5S. The van der Waals surface area contributed by atoms with Gasteiger partial charge in [-0.1, -0.05) is 44.1 Å². The Bertz CT molecular complexity index is 963. The number of fused-ring (bicyclic) bond motifs is 5. The summed E-state index contributed by atoms with van der Waals surface area (Å²) in [5.41, 5.74) is 2.33. The van der Waals surface area contributed by atoms with Crippen LogP contribution in [-0.2, 0) is 19.1 Å². The molecule has 4 aliphatic carbocycles. The van der Waals surface area contributed by atoms with Crippen LogP contribution >= 0.6 is 11.8 Å². The van der Waals surface area contributed by atoms with Crippen molar-refractivity contribution in [2.24, 2.45) is 28.6 Å². The van der Waals surface area contributed by atoms with Crippen molar-refractivity contribution in [1.29, 1.82) is 0 Å². The van der Waals surface area contributed by atoms with Gasteiger partial charge in [0.1, 0.15) is 12.2 Å². The Hall–Kier alpha value is -1.27. The quantitative estimate of drug-likeness (QED) is 0.247. The van der Waals surface area contributed by atoms with Crippen LogP contribution in [-0.4, -0.2) is 45.9 Å². The van der Waals surface area contributed by atoms with Gasteiger partial charge in [-0.05, 0) is 87.7 Å². The molecule has 1 N–H and O–H groups in total. The van der Waals surface area contributed by atoms with Crippen LogP contribution in [0.4, 0.5) is 0 Å². The minimum Gasteiger partial charge on any atom is -0.462 e. The summed E-state index contributed by atoms with van der Waals surface area (Å²) in [5.74, 6) is 2.27. The second kappa shape index (κ2) is 11.3. The van der Waals surface area contributed by atoms with Gasteiger partial charge in [-0.25, -0.2) is 0 Å². The Morgan fingerprint density at radius 3 is 2.45 bits per heavy atom. The van der Waals surface area contributed by atoms with Gasteiger partial charge in [0, 0.05) is 37.4 Å². The second-order valence-electron chi connectivity index (χ2n) is 13.6. The van der Waals surface area contributed by atoms with Gasteiger partial charge in [-0.3, -0.25) is 9.59 Å². The minimum atomic E-state index is -0.562. The van der Waals surface area contributed by atoms with Crippen molar-refractivity contribution in [3.05, 3.63) is 23.3 Å². The molecule has 3 saturated carbocycles. The molecule has 214 valence electrons. The molecule has 6 heteroatoms. The maximum atomic E-state index is 12.2. The topological polar surface area (TPSA) is 72.8 Å². The molecule has 0 bridgehead atoms. The van der Waals surface area contributed by atoms with Gasteiger partial charge in [-0.15, -0.1) is 0 Å². The molecule has 38 heavy (non-hydrogen) atoms. The largest absolute Gasteiger partial charge is 0.462 e. The Morgan fingerprint density at radius 2 is 1.79 bits per heavy atom. The zero-order chi connectivity index (χ0) is 27.9. The SMILES string of the molecule is CC(=O)O[C@@H]1CC2=CC=C3[C@@H]4CC[C@H]([C@H](C)SCCCCC(C)(C)O)[C@@]4(C)CC[C@@H]3[C@@]2(C)[C@@H](OC(C)=O)C1. The number of hydrogen-bond donors (Lipinski definition) is 1. The van der Waals surface area contributed by atoms with Crippen LogP contribution in [0.3, 0.4) is 0 Å². The maximum Gasteiger partial charge on any atom is 0.302 e. The van der Waals surface area contributed by atoms with E-state index in [1.54, 1.807) is 5.57 Å². The molecule has 0 radical (unpaired) electrons. The first kappa shape index (κ1) is 29.7. The molecule has 3 fully saturated rings. The van der Waals surface area contributed by atoms with Gasteiger partial charge < -0.3 is 14.6 Å². The molecule has 0 aromatic heterocycles. The van der Waals surface area contributed by atoms with E-state index in [2.05, 4.69) is 44.7 Å². The van der Waals surface area contributed by atoms with Gasteiger partial charge in [0.05, 0.1) is 5.60 Å². The molecule has 0 heterocycles. The number of allylic oxidation sites excluding steroid dienone is 3. The number of ether oxygens (including phenoxy) is 2. The summed E-state index contributed by atoms with van der Waals surface area (Å²) in [6, 6.07) is 0. The van der Waals surface area contributed by atoms with E-state index in [9.17, 15) is 14.7 Å². The predicted octanol–water partition coefficient (Wildman–Crippen LogP) is 7.02. The highest BCUT2D eigenvalue weighted by Crippen LogP contribution is 2.66. The molecule has 0 saturated heterocycles. The van der Waals surface area contributed by atoms with E-state index in [1.165, 1.54) is 38.7 Å². The number of aliphatic hydroxyl groups is 1. The molecular weight excluding hydrogens is 496 g/mol. The summed E-state index contributed by atoms with van der Waals surface area (Å²) in [5, 5.41) is 10.6. The highest BCUT2D eigenvalue weighted by atomic mass is 32.2. The first-order chi connectivity index (χ1) is 17.8. The number of unbranched alkanes of at least 4 members (excludes halogenated alkanes) is 1. The van der Waals surface area contributed by atoms with Gasteiger partial charge in [0.2, 0.25) is 0 Å². The van der Waals surface area contributed by atoms with E-state index in [-0.39, 0.29) is 29.6 Å². The van der Waals surface area contributed by atoms with E-state index in [1.807, 2.05) is 13.8 Å². The third kappa shape index (κ3) is 5.92. The fourth-order valence-corrected chi connectivity index (χ4v) is 9.98. The van der Waals surface area contributed by atoms with Crippen molar-refractivity contribution >= 4 is 23.7 Å². The summed E-state index contributed by atoms with van der Waals surface area (Å²) < 4.78 is 11.6. The highest BCUT2D eigenvalue weighted by molar-refractivity contribution is 7.99. The molecule has 0 amide bonds. The van der Waals surface area contributed by atoms with Crippen molar-refractivity contribution in [2.75, 3.05) is 5.75 Å². The molecule has 0 aromatic carbocycles. The number of carbonyl (C=O) groups excluding carboxylic acids is 2. The normalized spacial score (nSPS) is 37.2. The summed E-state index contributed by atoms with van der Waals surface area (Å²) in [4.78, 5) is 23.9. The van der Waals surface area contributed by atoms with Crippen LogP contribution in [0.5, 0.6) is 0 Å². The van der Waals surface area contributed by atoms with Crippen molar-refractivity contribution in [2.45, 2.75) is 129 Å². The first-order valence-corrected chi connectivity index (χ1v) is 15.9. The smallest absolute Gasteiger partial charge is 0.302 e. The molecule has 4 aliphatic rings. The summed E-state index contributed by atoms with van der Waals surface area (Å²) >= 11 is 2.13. The van der Waals surface area contributed by atoms with Crippen LogP contribution in [0, 0.1) is 28.6 Å². The van der Waals surface area contributed by atoms with Crippen LogP contribution in [0.1, 0.15) is 106 Å². The average Bonchev–Trinajstić information content (AvgIpc) is 3.15. The van der Waals surface area contributed by atoms with Gasteiger partial charge in [0.25, 0.3) is 0 Å². The lowest BCUT2D eigenvalue weighted by molar-refractivity contribution is -0.165. The Morgan fingerprint density at radius 1 is 1.08 bits per heavy atom. The molecule has 0 aliphatic heterocycles. The van der Waals surface area contributed by atoms with Crippen LogP contribution in [0.25, 0.3) is 0 Å². The molecule has 8 atom stereocenters.